The molecular formula is C11H13BrN2O3S. The number of amides is 1. The van der Waals surface area contributed by atoms with E-state index in [1.807, 2.05) is 6.92 Å². The summed E-state index contributed by atoms with van der Waals surface area (Å²) in [5.41, 5.74) is 0.991. The van der Waals surface area contributed by atoms with Crippen LogP contribution in [0.2, 0.25) is 0 Å². The number of carbonyl (C=O) groups excluding carboxylic acids is 1. The Hall–Kier alpha value is -0.920. The average Bonchev–Trinajstić information content (AvgIpc) is 2.68. The highest BCUT2D eigenvalue weighted by Crippen LogP contribution is 2.28. The van der Waals surface area contributed by atoms with Crippen molar-refractivity contribution in [2.24, 2.45) is 0 Å². The Kier molecular flexibility index (Phi) is 4.04. The van der Waals surface area contributed by atoms with Gasteiger partial charge in [-0.1, -0.05) is 0 Å². The number of hydrogen-bond acceptors (Lipinski definition) is 4. The minimum Gasteiger partial charge on any atom is -0.480 e. The van der Waals surface area contributed by atoms with Crippen LogP contribution in [-0.2, 0) is 4.79 Å². The minimum absolute atomic E-state index is 0.206. The van der Waals surface area contributed by atoms with Crippen LogP contribution in [0, 0.1) is 6.92 Å². The SMILES string of the molecule is Cc1cc(C(=O)N2CCNCC2C(=O)O)sc1Br. The molecule has 0 radical (unpaired) electrons. The molecule has 1 aliphatic rings. The summed E-state index contributed by atoms with van der Waals surface area (Å²) in [7, 11) is 0. The molecule has 2 heterocycles. The third kappa shape index (κ3) is 2.57. The van der Waals surface area contributed by atoms with Crippen LogP contribution in [0.25, 0.3) is 0 Å². The number of rotatable bonds is 2. The molecule has 1 amide bonds. The van der Waals surface area contributed by atoms with Gasteiger partial charge in [0.25, 0.3) is 5.91 Å². The summed E-state index contributed by atoms with van der Waals surface area (Å²) in [6, 6.07) is 1.00. The summed E-state index contributed by atoms with van der Waals surface area (Å²) in [5.74, 6) is -1.18. The number of thiophene rings is 1. The van der Waals surface area contributed by atoms with Crippen molar-refractivity contribution < 1.29 is 14.7 Å². The van der Waals surface area contributed by atoms with Gasteiger partial charge in [0.2, 0.25) is 0 Å². The van der Waals surface area contributed by atoms with Crippen LogP contribution < -0.4 is 5.32 Å². The second-order valence-electron chi connectivity index (χ2n) is 4.12. The van der Waals surface area contributed by atoms with E-state index in [2.05, 4.69) is 21.2 Å². The Balaban J connectivity index is 2.23. The predicted octanol–water partition coefficient (Wildman–Crippen LogP) is 1.32. The van der Waals surface area contributed by atoms with Crippen LogP contribution in [0.3, 0.4) is 0 Å². The number of piperazine rings is 1. The van der Waals surface area contributed by atoms with E-state index in [1.54, 1.807) is 6.07 Å². The van der Waals surface area contributed by atoms with E-state index in [9.17, 15) is 9.59 Å². The lowest BCUT2D eigenvalue weighted by atomic mass is 10.2. The number of nitrogens with one attached hydrogen (secondary N) is 1. The largest absolute Gasteiger partial charge is 0.480 e. The molecule has 18 heavy (non-hydrogen) atoms. The summed E-state index contributed by atoms with van der Waals surface area (Å²) in [6.07, 6.45) is 0. The molecule has 1 aromatic heterocycles. The highest BCUT2D eigenvalue weighted by atomic mass is 79.9. The van der Waals surface area contributed by atoms with Crippen LogP contribution >= 0.6 is 27.3 Å². The van der Waals surface area contributed by atoms with Gasteiger partial charge in [0.1, 0.15) is 6.04 Å². The Morgan fingerprint density at radius 2 is 2.33 bits per heavy atom. The van der Waals surface area contributed by atoms with Gasteiger partial charge in [0.15, 0.2) is 0 Å². The fourth-order valence-corrected chi connectivity index (χ4v) is 3.37. The molecular weight excluding hydrogens is 320 g/mol. The standard InChI is InChI=1S/C11H13BrN2O3S/c1-6-4-8(18-9(6)12)10(15)14-3-2-13-5-7(14)11(16)17/h4,7,13H,2-3,5H2,1H3,(H,16,17). The molecule has 0 spiro atoms. The van der Waals surface area contributed by atoms with E-state index >= 15 is 0 Å². The first kappa shape index (κ1) is 13.5. The maximum Gasteiger partial charge on any atom is 0.327 e. The number of halogens is 1. The molecule has 2 N–H and O–H groups in total. The Bertz CT molecular complexity index is 469. The Morgan fingerprint density at radius 3 is 2.89 bits per heavy atom. The number of nitrogens with zero attached hydrogens (tertiary/aromatic N) is 1. The first-order valence-electron chi connectivity index (χ1n) is 5.51. The minimum atomic E-state index is -0.970. The van der Waals surface area contributed by atoms with Crippen molar-refractivity contribution in [3.8, 4) is 0 Å². The summed E-state index contributed by atoms with van der Waals surface area (Å²) in [5, 5.41) is 12.1. The van der Waals surface area contributed by atoms with E-state index in [0.29, 0.717) is 24.5 Å². The van der Waals surface area contributed by atoms with Crippen molar-refractivity contribution in [2.75, 3.05) is 19.6 Å². The number of aliphatic carboxylic acids is 1. The Labute approximate surface area is 117 Å². The molecule has 7 heteroatoms. The molecule has 0 bridgehead atoms. The molecule has 1 saturated heterocycles. The molecule has 1 aliphatic heterocycles. The number of carbonyl (C=O) groups is 2. The maximum absolute atomic E-state index is 12.3. The zero-order valence-corrected chi connectivity index (χ0v) is 12.2. The molecule has 0 aromatic carbocycles. The number of aryl methyl sites for hydroxylation is 1. The summed E-state index contributed by atoms with van der Waals surface area (Å²) in [4.78, 5) is 25.4. The topological polar surface area (TPSA) is 69.6 Å². The first-order valence-corrected chi connectivity index (χ1v) is 7.12. The predicted molar refractivity (Wildman–Crippen MR) is 72.1 cm³/mol. The van der Waals surface area contributed by atoms with Crippen molar-refractivity contribution in [1.82, 2.24) is 10.2 Å². The van der Waals surface area contributed by atoms with Gasteiger partial charge in [-0.3, -0.25) is 4.79 Å². The molecule has 1 atom stereocenters. The van der Waals surface area contributed by atoms with Crippen molar-refractivity contribution >= 4 is 39.1 Å². The quantitative estimate of drug-likeness (QED) is 0.856. The van der Waals surface area contributed by atoms with Crippen molar-refractivity contribution in [3.63, 3.8) is 0 Å². The van der Waals surface area contributed by atoms with E-state index in [0.717, 1.165) is 9.35 Å². The lowest BCUT2D eigenvalue weighted by Gasteiger charge is -2.33. The van der Waals surface area contributed by atoms with Crippen LogP contribution in [0.4, 0.5) is 0 Å². The monoisotopic (exact) mass is 332 g/mol. The van der Waals surface area contributed by atoms with Gasteiger partial charge in [-0.25, -0.2) is 4.79 Å². The van der Waals surface area contributed by atoms with Crippen molar-refractivity contribution in [2.45, 2.75) is 13.0 Å². The van der Waals surface area contributed by atoms with Gasteiger partial charge in [-0.05, 0) is 34.5 Å². The van der Waals surface area contributed by atoms with Crippen LogP contribution in [0.5, 0.6) is 0 Å². The highest BCUT2D eigenvalue weighted by molar-refractivity contribution is 9.11. The van der Waals surface area contributed by atoms with Gasteiger partial charge in [-0.15, -0.1) is 11.3 Å². The van der Waals surface area contributed by atoms with E-state index in [1.165, 1.54) is 16.2 Å². The number of hydrogen-bond donors (Lipinski definition) is 2. The zero-order valence-electron chi connectivity index (χ0n) is 9.77. The van der Waals surface area contributed by atoms with Gasteiger partial charge >= 0.3 is 5.97 Å². The normalized spacial score (nSPS) is 19.9. The Morgan fingerprint density at radius 1 is 1.61 bits per heavy atom. The lowest BCUT2D eigenvalue weighted by molar-refractivity contribution is -0.142. The second kappa shape index (κ2) is 5.38. The van der Waals surface area contributed by atoms with Crippen molar-refractivity contribution in [3.05, 3.63) is 20.3 Å². The van der Waals surface area contributed by atoms with Gasteiger partial charge < -0.3 is 15.3 Å². The third-order valence-electron chi connectivity index (χ3n) is 2.86. The molecule has 98 valence electrons. The molecule has 0 saturated carbocycles. The molecule has 1 fully saturated rings. The molecule has 1 unspecified atom stereocenters. The van der Waals surface area contributed by atoms with Gasteiger partial charge in [-0.2, -0.15) is 0 Å². The number of carboxylic acid groups (broad SMARTS) is 1. The zero-order chi connectivity index (χ0) is 13.3. The second-order valence-corrected chi connectivity index (χ2v) is 6.49. The van der Waals surface area contributed by atoms with Crippen LogP contribution in [-0.4, -0.2) is 47.6 Å². The number of carboxylic acids is 1. The highest BCUT2D eigenvalue weighted by Gasteiger charge is 2.33. The maximum atomic E-state index is 12.3. The molecule has 1 aromatic rings. The third-order valence-corrected chi connectivity index (χ3v) is 4.98. The molecule has 2 rings (SSSR count). The summed E-state index contributed by atoms with van der Waals surface area (Å²) >= 11 is 4.71. The van der Waals surface area contributed by atoms with E-state index < -0.39 is 12.0 Å². The van der Waals surface area contributed by atoms with E-state index in [4.69, 9.17) is 5.11 Å². The van der Waals surface area contributed by atoms with Gasteiger partial charge in [0.05, 0.1) is 8.66 Å². The smallest absolute Gasteiger partial charge is 0.327 e. The summed E-state index contributed by atoms with van der Waals surface area (Å²) in [6.45, 7) is 3.25. The van der Waals surface area contributed by atoms with Crippen LogP contribution in [0.15, 0.2) is 9.85 Å². The first-order chi connectivity index (χ1) is 8.50. The molecule has 5 nitrogen and oxygen atoms in total. The van der Waals surface area contributed by atoms with E-state index in [-0.39, 0.29) is 5.91 Å². The molecule has 0 aliphatic carbocycles. The summed E-state index contributed by atoms with van der Waals surface area (Å²) < 4.78 is 0.910. The fraction of sp³-hybridized carbons (Fsp3) is 0.455. The van der Waals surface area contributed by atoms with Crippen LogP contribution in [0.1, 0.15) is 15.2 Å². The fourth-order valence-electron chi connectivity index (χ4n) is 1.87. The average molecular weight is 333 g/mol. The lowest BCUT2D eigenvalue weighted by Crippen LogP contribution is -2.56. The van der Waals surface area contributed by atoms with Crippen molar-refractivity contribution in [1.29, 1.82) is 0 Å². The van der Waals surface area contributed by atoms with Gasteiger partial charge in [0, 0.05) is 19.6 Å².